The molecular formula is C29H30FN7O2. The summed E-state index contributed by atoms with van der Waals surface area (Å²) in [5, 5.41) is 8.93. The molecule has 0 unspecified atom stereocenters. The van der Waals surface area contributed by atoms with Crippen LogP contribution < -0.4 is 9.64 Å². The summed E-state index contributed by atoms with van der Waals surface area (Å²) in [6.07, 6.45) is 3.12. The Morgan fingerprint density at radius 1 is 1.15 bits per heavy atom. The van der Waals surface area contributed by atoms with Crippen molar-refractivity contribution in [2.45, 2.75) is 45.2 Å². The Kier molecular flexibility index (Phi) is 7.09. The second kappa shape index (κ2) is 11.0. The Balaban J connectivity index is 1.11. The lowest BCUT2D eigenvalue weighted by Crippen LogP contribution is -2.52. The Labute approximate surface area is 226 Å². The molecule has 39 heavy (non-hydrogen) atoms. The summed E-state index contributed by atoms with van der Waals surface area (Å²) >= 11 is 0. The third-order valence-electron chi connectivity index (χ3n) is 7.46. The van der Waals surface area contributed by atoms with Gasteiger partial charge in [-0.2, -0.15) is 10.2 Å². The summed E-state index contributed by atoms with van der Waals surface area (Å²) in [6.45, 7) is 7.10. The number of anilines is 1. The number of halogens is 1. The summed E-state index contributed by atoms with van der Waals surface area (Å²) in [6, 6.07) is 16.2. The molecule has 0 bridgehead atoms. The summed E-state index contributed by atoms with van der Waals surface area (Å²) in [5.41, 5.74) is 2.50. The highest BCUT2D eigenvalue weighted by Crippen LogP contribution is 2.24. The maximum atomic E-state index is 14.2. The summed E-state index contributed by atoms with van der Waals surface area (Å²) < 4.78 is 28.0. The number of fused-ring (bicyclic) bond motifs is 1. The fourth-order valence-corrected chi connectivity index (χ4v) is 5.12. The average molecular weight is 528 g/mol. The molecule has 5 heterocycles. The minimum absolute atomic E-state index is 0.0416. The zero-order valence-electron chi connectivity index (χ0n) is 21.8. The topological polar surface area (TPSA) is 92.3 Å². The lowest BCUT2D eigenvalue weighted by atomic mass is 10.1. The van der Waals surface area contributed by atoms with Crippen molar-refractivity contribution < 1.29 is 13.9 Å². The first-order chi connectivity index (χ1) is 19.1. The van der Waals surface area contributed by atoms with E-state index in [1.165, 1.54) is 6.07 Å². The average Bonchev–Trinajstić information content (AvgIpc) is 3.28. The van der Waals surface area contributed by atoms with Gasteiger partial charge in [-0.1, -0.05) is 12.1 Å². The third kappa shape index (κ3) is 5.41. The molecule has 2 atom stereocenters. The van der Waals surface area contributed by atoms with Gasteiger partial charge < -0.3 is 18.9 Å². The van der Waals surface area contributed by atoms with Crippen molar-refractivity contribution in [1.82, 2.24) is 24.4 Å². The van der Waals surface area contributed by atoms with Crippen LogP contribution in [0.2, 0.25) is 0 Å². The highest BCUT2D eigenvalue weighted by atomic mass is 19.1. The van der Waals surface area contributed by atoms with E-state index in [1.807, 2.05) is 36.5 Å². The molecule has 2 saturated heterocycles. The highest BCUT2D eigenvalue weighted by molar-refractivity contribution is 5.71. The predicted molar refractivity (Wildman–Crippen MR) is 144 cm³/mol. The van der Waals surface area contributed by atoms with E-state index in [1.54, 1.807) is 18.2 Å². The minimum Gasteiger partial charge on any atom is -0.473 e. The van der Waals surface area contributed by atoms with Gasteiger partial charge in [-0.05, 0) is 43.7 Å². The number of rotatable bonds is 8. The Bertz CT molecular complexity index is 1510. The zero-order chi connectivity index (χ0) is 26.8. The van der Waals surface area contributed by atoms with Crippen LogP contribution in [0.3, 0.4) is 0 Å². The van der Waals surface area contributed by atoms with Crippen LogP contribution in [0.15, 0.2) is 54.7 Å². The molecule has 0 aliphatic carbocycles. The van der Waals surface area contributed by atoms with Gasteiger partial charge in [0.1, 0.15) is 29.6 Å². The van der Waals surface area contributed by atoms with Gasteiger partial charge in [-0.3, -0.25) is 4.90 Å². The first-order valence-electron chi connectivity index (χ1n) is 13.3. The molecule has 9 nitrogen and oxygen atoms in total. The first kappa shape index (κ1) is 25.2. The van der Waals surface area contributed by atoms with Crippen LogP contribution in [0.5, 0.6) is 5.88 Å². The Morgan fingerprint density at radius 3 is 2.82 bits per heavy atom. The standard InChI is InChI=1S/C29H30FN7O2/c1-20-16-36(26-5-2-6-28(34-26)39-19-22-8-7-21(15-31)14-24(22)30)12-11-35(20)18-27-33-25-4-3-10-32-29(25)37(27)17-23-9-13-38-23/h2-8,10,14,20,23H,9,11-13,16-19H2,1H3/t20-,23-/m0/s1. The van der Waals surface area contributed by atoms with Crippen LogP contribution in [0.1, 0.15) is 30.3 Å². The van der Waals surface area contributed by atoms with Crippen molar-refractivity contribution in [2.24, 2.45) is 0 Å². The van der Waals surface area contributed by atoms with Crippen molar-refractivity contribution >= 4 is 17.0 Å². The molecule has 2 aliphatic heterocycles. The fraction of sp³-hybridized carbons (Fsp3) is 0.379. The normalized spacial score (nSPS) is 19.6. The number of imidazole rings is 1. The van der Waals surface area contributed by atoms with Crippen LogP contribution in [0, 0.1) is 17.1 Å². The summed E-state index contributed by atoms with van der Waals surface area (Å²) in [5.74, 6) is 1.83. The van der Waals surface area contributed by atoms with Gasteiger partial charge in [0.05, 0.1) is 30.8 Å². The van der Waals surface area contributed by atoms with E-state index < -0.39 is 5.82 Å². The molecule has 200 valence electrons. The second-order valence-corrected chi connectivity index (χ2v) is 10.1. The molecule has 1 aromatic carbocycles. The molecule has 0 N–H and O–H groups in total. The van der Waals surface area contributed by atoms with Gasteiger partial charge in [0, 0.05) is 50.1 Å². The van der Waals surface area contributed by atoms with E-state index in [0.29, 0.717) is 11.4 Å². The minimum atomic E-state index is -0.459. The Morgan fingerprint density at radius 2 is 2.05 bits per heavy atom. The molecule has 0 saturated carbocycles. The predicted octanol–water partition coefficient (Wildman–Crippen LogP) is 3.92. The lowest BCUT2D eigenvalue weighted by molar-refractivity contribution is -0.0593. The van der Waals surface area contributed by atoms with Crippen molar-refractivity contribution in [3.05, 3.63) is 77.5 Å². The van der Waals surface area contributed by atoms with Gasteiger partial charge in [-0.15, -0.1) is 0 Å². The molecule has 6 rings (SSSR count). The van der Waals surface area contributed by atoms with Gasteiger partial charge in [-0.25, -0.2) is 14.4 Å². The molecule has 2 fully saturated rings. The maximum absolute atomic E-state index is 14.2. The summed E-state index contributed by atoms with van der Waals surface area (Å²) in [4.78, 5) is 18.9. The largest absolute Gasteiger partial charge is 0.473 e. The van der Waals surface area contributed by atoms with Gasteiger partial charge in [0.15, 0.2) is 5.65 Å². The number of nitriles is 1. The van der Waals surface area contributed by atoms with Crippen molar-refractivity contribution in [3.63, 3.8) is 0 Å². The highest BCUT2D eigenvalue weighted by Gasteiger charge is 2.28. The SMILES string of the molecule is C[C@H]1CN(c2cccc(OCc3ccc(C#N)cc3F)n2)CCN1Cc1nc2cccnc2n1C[C@@H]1CCO1. The molecular weight excluding hydrogens is 497 g/mol. The summed E-state index contributed by atoms with van der Waals surface area (Å²) in [7, 11) is 0. The Hall–Kier alpha value is -4.07. The molecule has 0 spiro atoms. The second-order valence-electron chi connectivity index (χ2n) is 10.1. The molecule has 0 amide bonds. The number of piperazine rings is 1. The fourth-order valence-electron chi connectivity index (χ4n) is 5.12. The molecule has 3 aromatic heterocycles. The van der Waals surface area contributed by atoms with E-state index in [9.17, 15) is 4.39 Å². The van der Waals surface area contributed by atoms with E-state index in [4.69, 9.17) is 19.7 Å². The molecule has 0 radical (unpaired) electrons. The van der Waals surface area contributed by atoms with Crippen LogP contribution in [0.25, 0.3) is 11.2 Å². The van der Waals surface area contributed by atoms with Crippen LogP contribution in [-0.2, 0) is 24.4 Å². The van der Waals surface area contributed by atoms with Crippen molar-refractivity contribution in [1.29, 1.82) is 5.26 Å². The molecule has 10 heteroatoms. The van der Waals surface area contributed by atoms with E-state index >= 15 is 0 Å². The number of aromatic nitrogens is 4. The first-order valence-corrected chi connectivity index (χ1v) is 13.3. The van der Waals surface area contributed by atoms with E-state index in [-0.39, 0.29) is 24.3 Å². The van der Waals surface area contributed by atoms with Crippen LogP contribution >= 0.6 is 0 Å². The lowest BCUT2D eigenvalue weighted by Gasteiger charge is -2.40. The quantitative estimate of drug-likeness (QED) is 0.341. The van der Waals surface area contributed by atoms with Crippen LogP contribution in [-0.4, -0.2) is 62.8 Å². The van der Waals surface area contributed by atoms with Gasteiger partial charge in [0.2, 0.25) is 5.88 Å². The zero-order valence-corrected chi connectivity index (χ0v) is 21.8. The van der Waals surface area contributed by atoms with Crippen molar-refractivity contribution in [3.8, 4) is 11.9 Å². The molecule has 2 aliphatic rings. The number of nitrogens with zero attached hydrogens (tertiary/aromatic N) is 7. The number of hydrogen-bond acceptors (Lipinski definition) is 8. The number of benzene rings is 1. The van der Waals surface area contributed by atoms with E-state index in [0.717, 1.165) is 68.6 Å². The molecule has 4 aromatic rings. The number of hydrogen-bond donors (Lipinski definition) is 0. The third-order valence-corrected chi connectivity index (χ3v) is 7.46. The number of ether oxygens (including phenoxy) is 2. The monoisotopic (exact) mass is 527 g/mol. The van der Waals surface area contributed by atoms with Gasteiger partial charge in [0.25, 0.3) is 0 Å². The number of pyridine rings is 2. The van der Waals surface area contributed by atoms with E-state index in [2.05, 4.69) is 31.3 Å². The van der Waals surface area contributed by atoms with Gasteiger partial charge >= 0.3 is 0 Å². The smallest absolute Gasteiger partial charge is 0.215 e. The maximum Gasteiger partial charge on any atom is 0.215 e. The van der Waals surface area contributed by atoms with Crippen LogP contribution in [0.4, 0.5) is 10.2 Å². The van der Waals surface area contributed by atoms with Crippen molar-refractivity contribution in [2.75, 3.05) is 31.1 Å².